The van der Waals surface area contributed by atoms with Crippen LogP contribution in [0, 0.1) is 11.8 Å². The molecule has 0 saturated carbocycles. The van der Waals surface area contributed by atoms with Crippen molar-refractivity contribution in [2.75, 3.05) is 20.2 Å². The van der Waals surface area contributed by atoms with Crippen LogP contribution in [0.4, 0.5) is 18.0 Å². The van der Waals surface area contributed by atoms with Gasteiger partial charge in [0.2, 0.25) is 0 Å². The lowest BCUT2D eigenvalue weighted by Gasteiger charge is -2.19. The Balaban J connectivity index is 2.01. The summed E-state index contributed by atoms with van der Waals surface area (Å²) < 4.78 is 43.8. The van der Waals surface area contributed by atoms with Crippen molar-refractivity contribution in [1.29, 1.82) is 0 Å². The van der Waals surface area contributed by atoms with Crippen LogP contribution in [-0.2, 0) is 11.3 Å². The highest BCUT2D eigenvalue weighted by Crippen LogP contribution is 2.37. The van der Waals surface area contributed by atoms with Crippen molar-refractivity contribution in [3.63, 3.8) is 0 Å². The van der Waals surface area contributed by atoms with Gasteiger partial charge in [0.25, 0.3) is 0 Å². The second kappa shape index (κ2) is 6.93. The lowest BCUT2D eigenvalue weighted by molar-refractivity contribution is -0.187. The fourth-order valence-electron chi connectivity index (χ4n) is 2.58. The molecule has 1 saturated heterocycles. The molecular formula is C14H16F3N3O4. The van der Waals surface area contributed by atoms with Crippen molar-refractivity contribution in [2.24, 2.45) is 11.8 Å². The summed E-state index contributed by atoms with van der Waals surface area (Å²) in [6.07, 6.45) is -1.72. The third-order valence-corrected chi connectivity index (χ3v) is 3.85. The number of carboxylic acids is 1. The number of methoxy groups -OCH3 is 1. The predicted molar refractivity (Wildman–Crippen MR) is 75.3 cm³/mol. The number of alkyl halides is 3. The molecule has 0 aromatic carbocycles. The topological polar surface area (TPSA) is 91.8 Å². The summed E-state index contributed by atoms with van der Waals surface area (Å²) in [6.45, 7) is -1.17. The lowest BCUT2D eigenvalue weighted by atomic mass is 9.96. The average molecular weight is 347 g/mol. The van der Waals surface area contributed by atoms with Gasteiger partial charge in [0.15, 0.2) is 0 Å². The number of rotatable bonds is 4. The molecule has 0 radical (unpaired) electrons. The number of urea groups is 1. The van der Waals surface area contributed by atoms with Crippen LogP contribution in [0.2, 0.25) is 0 Å². The molecule has 1 aromatic rings. The largest absolute Gasteiger partial charge is 0.496 e. The highest BCUT2D eigenvalue weighted by atomic mass is 19.4. The van der Waals surface area contributed by atoms with E-state index in [1.807, 2.05) is 0 Å². The van der Waals surface area contributed by atoms with Crippen LogP contribution in [0.3, 0.4) is 0 Å². The van der Waals surface area contributed by atoms with Gasteiger partial charge in [-0.3, -0.25) is 9.78 Å². The summed E-state index contributed by atoms with van der Waals surface area (Å²) in [5, 5.41) is 11.4. The van der Waals surface area contributed by atoms with Crippen molar-refractivity contribution in [2.45, 2.75) is 12.7 Å². The van der Waals surface area contributed by atoms with Crippen LogP contribution >= 0.6 is 0 Å². The van der Waals surface area contributed by atoms with Crippen LogP contribution < -0.4 is 10.1 Å². The maximum atomic E-state index is 12.9. The molecule has 24 heavy (non-hydrogen) atoms. The Morgan fingerprint density at radius 2 is 2.17 bits per heavy atom. The fraction of sp³-hybridized carbons (Fsp3) is 0.500. The fourth-order valence-corrected chi connectivity index (χ4v) is 2.58. The molecule has 0 bridgehead atoms. The molecule has 1 aromatic heterocycles. The monoisotopic (exact) mass is 347 g/mol. The van der Waals surface area contributed by atoms with E-state index in [1.54, 1.807) is 6.07 Å². The minimum absolute atomic E-state index is 0.000763. The van der Waals surface area contributed by atoms with Gasteiger partial charge in [-0.15, -0.1) is 0 Å². The van der Waals surface area contributed by atoms with Gasteiger partial charge in [0.05, 0.1) is 18.9 Å². The number of carbonyl (C=O) groups is 2. The molecule has 7 nitrogen and oxygen atoms in total. The summed E-state index contributed by atoms with van der Waals surface area (Å²) in [7, 11) is 1.44. The zero-order valence-electron chi connectivity index (χ0n) is 12.7. The molecule has 1 aliphatic rings. The number of amides is 2. The first-order valence-electron chi connectivity index (χ1n) is 7.03. The normalized spacial score (nSPS) is 20.8. The van der Waals surface area contributed by atoms with Gasteiger partial charge in [0, 0.05) is 37.6 Å². The standard InChI is InChI=1S/C14H16F3N3O4/c1-24-11-2-3-18-4-8(11)5-19-13(23)20-6-9(12(21)22)10(7-20)14(15,16)17/h2-4,9-10H,5-7H2,1H3,(H,19,23)(H,21,22)/t9-,10-/m1/s1. The summed E-state index contributed by atoms with van der Waals surface area (Å²) in [6, 6.07) is 0.816. The number of hydrogen-bond donors (Lipinski definition) is 2. The number of aliphatic carboxylic acids is 1. The van der Waals surface area contributed by atoms with E-state index < -0.39 is 43.1 Å². The number of aromatic nitrogens is 1. The molecule has 10 heteroatoms. The summed E-state index contributed by atoms with van der Waals surface area (Å²) in [4.78, 5) is 27.8. The lowest BCUT2D eigenvalue weighted by Crippen LogP contribution is -2.39. The first-order valence-corrected chi connectivity index (χ1v) is 7.03. The number of ether oxygens (including phenoxy) is 1. The second-order valence-electron chi connectivity index (χ2n) is 5.34. The van der Waals surface area contributed by atoms with Gasteiger partial charge in [0.1, 0.15) is 5.75 Å². The van der Waals surface area contributed by atoms with Crippen LogP contribution in [-0.4, -0.2) is 53.4 Å². The highest BCUT2D eigenvalue weighted by Gasteiger charge is 2.53. The minimum atomic E-state index is -4.68. The molecule has 2 rings (SSSR count). The quantitative estimate of drug-likeness (QED) is 0.861. The number of nitrogens with one attached hydrogen (secondary N) is 1. The SMILES string of the molecule is COc1ccncc1CNC(=O)N1C[C@@H](C(F)(F)F)[C@H](C(=O)O)C1. The van der Waals surface area contributed by atoms with Gasteiger partial charge in [-0.25, -0.2) is 4.79 Å². The van der Waals surface area contributed by atoms with Gasteiger partial charge >= 0.3 is 18.2 Å². The molecule has 0 aliphatic carbocycles. The van der Waals surface area contributed by atoms with Crippen molar-refractivity contribution in [3.05, 3.63) is 24.0 Å². The Morgan fingerprint density at radius 1 is 1.46 bits per heavy atom. The predicted octanol–water partition coefficient (Wildman–Crippen LogP) is 1.49. The first kappa shape index (κ1) is 17.8. The molecule has 2 amide bonds. The molecule has 1 fully saturated rings. The minimum Gasteiger partial charge on any atom is -0.496 e. The zero-order valence-corrected chi connectivity index (χ0v) is 12.7. The molecule has 0 spiro atoms. The molecule has 2 atom stereocenters. The van der Waals surface area contributed by atoms with E-state index in [0.717, 1.165) is 4.90 Å². The molecule has 0 unspecified atom stereocenters. The molecule has 1 aliphatic heterocycles. The van der Waals surface area contributed by atoms with Crippen molar-refractivity contribution < 1.29 is 32.6 Å². The number of likely N-dealkylation sites (tertiary alicyclic amines) is 1. The first-order chi connectivity index (χ1) is 11.2. The van der Waals surface area contributed by atoms with Gasteiger partial charge in [-0.1, -0.05) is 0 Å². The van der Waals surface area contributed by atoms with Crippen molar-refractivity contribution in [1.82, 2.24) is 15.2 Å². The second-order valence-corrected chi connectivity index (χ2v) is 5.34. The van der Waals surface area contributed by atoms with Crippen LogP contribution in [0.5, 0.6) is 5.75 Å². The van der Waals surface area contributed by atoms with Crippen molar-refractivity contribution in [3.8, 4) is 5.75 Å². The van der Waals surface area contributed by atoms with E-state index >= 15 is 0 Å². The van der Waals surface area contributed by atoms with E-state index in [-0.39, 0.29) is 6.54 Å². The Labute approximate surface area is 135 Å². The number of carboxylic acid groups (broad SMARTS) is 1. The summed E-state index contributed by atoms with van der Waals surface area (Å²) >= 11 is 0. The van der Waals surface area contributed by atoms with Gasteiger partial charge in [-0.05, 0) is 6.07 Å². The third-order valence-electron chi connectivity index (χ3n) is 3.85. The number of carbonyl (C=O) groups excluding carboxylic acids is 1. The number of pyridine rings is 1. The maximum absolute atomic E-state index is 12.9. The average Bonchev–Trinajstić information content (AvgIpc) is 2.98. The van der Waals surface area contributed by atoms with Gasteiger partial charge < -0.3 is 20.1 Å². The molecule has 2 heterocycles. The van der Waals surface area contributed by atoms with Crippen LogP contribution in [0.1, 0.15) is 5.56 Å². The zero-order chi connectivity index (χ0) is 17.9. The van der Waals surface area contributed by atoms with E-state index in [9.17, 15) is 22.8 Å². The van der Waals surface area contributed by atoms with Crippen LogP contribution in [0.25, 0.3) is 0 Å². The summed E-state index contributed by atoms with van der Waals surface area (Å²) in [5.41, 5.74) is 0.551. The van der Waals surface area contributed by atoms with E-state index in [1.165, 1.54) is 19.5 Å². The van der Waals surface area contributed by atoms with Crippen molar-refractivity contribution >= 4 is 12.0 Å². The van der Waals surface area contributed by atoms with Gasteiger partial charge in [-0.2, -0.15) is 13.2 Å². The number of halogens is 3. The summed E-state index contributed by atoms with van der Waals surface area (Å²) in [5.74, 6) is -4.83. The van der Waals surface area contributed by atoms with E-state index in [0.29, 0.717) is 11.3 Å². The Morgan fingerprint density at radius 3 is 2.71 bits per heavy atom. The maximum Gasteiger partial charge on any atom is 0.394 e. The highest BCUT2D eigenvalue weighted by molar-refractivity contribution is 5.77. The third kappa shape index (κ3) is 3.87. The Kier molecular flexibility index (Phi) is 5.15. The smallest absolute Gasteiger partial charge is 0.394 e. The molecular weight excluding hydrogens is 331 g/mol. The molecule has 2 N–H and O–H groups in total. The van der Waals surface area contributed by atoms with Crippen LogP contribution in [0.15, 0.2) is 18.5 Å². The Hall–Kier alpha value is -2.52. The number of hydrogen-bond acceptors (Lipinski definition) is 4. The van der Waals surface area contributed by atoms with E-state index in [2.05, 4.69) is 10.3 Å². The Bertz CT molecular complexity index is 624. The number of nitrogens with zero attached hydrogens (tertiary/aromatic N) is 2. The molecule has 132 valence electrons. The van der Waals surface area contributed by atoms with E-state index in [4.69, 9.17) is 9.84 Å².